The van der Waals surface area contributed by atoms with Gasteiger partial charge in [-0.2, -0.15) is 13.2 Å². The molecular formula is C17H17F3NNa2OPS. The summed E-state index contributed by atoms with van der Waals surface area (Å²) < 4.78 is 42.7. The van der Waals surface area contributed by atoms with Crippen LogP contribution in [0.1, 0.15) is 11.1 Å². The molecule has 0 aliphatic carbocycles. The Morgan fingerprint density at radius 2 is 1.46 bits per heavy atom. The van der Waals surface area contributed by atoms with Crippen molar-refractivity contribution in [1.82, 2.24) is 0 Å². The van der Waals surface area contributed by atoms with E-state index in [0.717, 1.165) is 28.1 Å². The zero-order chi connectivity index (χ0) is 17.3. The summed E-state index contributed by atoms with van der Waals surface area (Å²) in [4.78, 5) is 2.05. The van der Waals surface area contributed by atoms with Gasteiger partial charge in [-0.1, -0.05) is 48.2 Å². The van der Waals surface area contributed by atoms with Gasteiger partial charge in [0.25, 0.3) is 0 Å². The molecule has 1 heterocycles. The van der Waals surface area contributed by atoms with Gasteiger partial charge in [-0.25, -0.2) is 0 Å². The van der Waals surface area contributed by atoms with Crippen molar-refractivity contribution in [1.29, 1.82) is 0 Å². The van der Waals surface area contributed by atoms with Crippen molar-refractivity contribution in [2.24, 2.45) is 0 Å². The van der Waals surface area contributed by atoms with E-state index in [-0.39, 0.29) is 59.1 Å². The molecule has 130 valence electrons. The van der Waals surface area contributed by atoms with E-state index in [1.165, 1.54) is 6.26 Å². The average molecular weight is 417 g/mol. The SMILES string of the molecule is CN1c2ccccc2C(=CO[PH](=S)CC(F)(F)F)c2ccccc21.[NaH].[NaH]. The zero-order valence-corrected chi connectivity index (χ0v) is 14.6. The molecule has 1 aliphatic rings. The van der Waals surface area contributed by atoms with Crippen LogP contribution in [-0.2, 0) is 16.3 Å². The van der Waals surface area contributed by atoms with Crippen LogP contribution < -0.4 is 4.90 Å². The molecule has 26 heavy (non-hydrogen) atoms. The number of alkyl halides is 3. The van der Waals surface area contributed by atoms with E-state index >= 15 is 0 Å². The van der Waals surface area contributed by atoms with Crippen molar-refractivity contribution in [3.8, 4) is 0 Å². The molecule has 0 aromatic heterocycles. The Morgan fingerprint density at radius 3 is 1.92 bits per heavy atom. The summed E-state index contributed by atoms with van der Waals surface area (Å²) in [6, 6.07) is 15.4. The summed E-state index contributed by atoms with van der Waals surface area (Å²) in [5.74, 6) is 0. The van der Waals surface area contributed by atoms with Crippen molar-refractivity contribution >= 4 is 94.8 Å². The first-order valence-electron chi connectivity index (χ1n) is 7.26. The fourth-order valence-corrected chi connectivity index (χ4v) is 4.01. The molecule has 9 heteroatoms. The predicted molar refractivity (Wildman–Crippen MR) is 110 cm³/mol. The standard InChI is InChI=1S/C17H15F3NOPS.2Na.2H/c1-21-15-8-4-2-6-12(15)14(13-7-3-5-9-16(13)21)10-22-23(24)11-17(18,19)20;;;;/h2-10,23H,11H2,1H3;;;;. The summed E-state index contributed by atoms with van der Waals surface area (Å²) in [5, 5.41) is 0. The quantitative estimate of drug-likeness (QED) is 0.425. The van der Waals surface area contributed by atoms with Crippen LogP contribution in [0.25, 0.3) is 5.57 Å². The molecule has 0 fully saturated rings. The van der Waals surface area contributed by atoms with Crippen LogP contribution >= 0.6 is 6.92 Å². The number of para-hydroxylation sites is 2. The number of anilines is 2. The number of nitrogens with zero attached hydrogens (tertiary/aromatic N) is 1. The van der Waals surface area contributed by atoms with E-state index in [4.69, 9.17) is 16.3 Å². The maximum absolute atomic E-state index is 12.5. The normalized spacial score (nSPS) is 13.5. The van der Waals surface area contributed by atoms with Crippen molar-refractivity contribution < 1.29 is 17.7 Å². The monoisotopic (exact) mass is 417 g/mol. The Bertz CT molecular complexity index is 780. The van der Waals surface area contributed by atoms with E-state index in [1.807, 2.05) is 55.6 Å². The minimum atomic E-state index is -4.29. The van der Waals surface area contributed by atoms with Crippen molar-refractivity contribution in [2.45, 2.75) is 6.18 Å². The van der Waals surface area contributed by atoms with Crippen molar-refractivity contribution in [2.75, 3.05) is 18.1 Å². The number of benzene rings is 2. The molecule has 0 amide bonds. The first-order chi connectivity index (χ1) is 11.4. The van der Waals surface area contributed by atoms with Gasteiger partial charge in [-0.3, -0.25) is 0 Å². The molecule has 0 bridgehead atoms. The van der Waals surface area contributed by atoms with Crippen LogP contribution in [-0.4, -0.2) is 78.5 Å². The van der Waals surface area contributed by atoms with Gasteiger partial charge >= 0.3 is 65.3 Å². The Kier molecular flexibility index (Phi) is 9.45. The maximum atomic E-state index is 12.5. The molecular weight excluding hydrogens is 400 g/mol. The molecule has 0 spiro atoms. The second kappa shape index (κ2) is 10.1. The summed E-state index contributed by atoms with van der Waals surface area (Å²) in [5.41, 5.74) is 4.53. The van der Waals surface area contributed by atoms with Gasteiger partial charge in [0, 0.05) is 35.1 Å². The van der Waals surface area contributed by atoms with Crippen molar-refractivity contribution in [3.63, 3.8) is 0 Å². The number of fused-ring (bicyclic) bond motifs is 2. The van der Waals surface area contributed by atoms with Gasteiger partial charge in [0.1, 0.15) is 13.1 Å². The summed E-state index contributed by atoms with van der Waals surface area (Å²) >= 11 is 4.88. The van der Waals surface area contributed by atoms with Crippen LogP contribution in [0.5, 0.6) is 0 Å². The number of hydrogen-bond acceptors (Lipinski definition) is 3. The van der Waals surface area contributed by atoms with Gasteiger partial charge in [-0.15, -0.1) is 0 Å². The molecule has 2 aromatic rings. The second-order valence-electron chi connectivity index (χ2n) is 5.41. The van der Waals surface area contributed by atoms with E-state index in [2.05, 4.69) is 4.90 Å². The Morgan fingerprint density at radius 1 is 1.00 bits per heavy atom. The van der Waals surface area contributed by atoms with Crippen LogP contribution in [0.15, 0.2) is 54.8 Å². The van der Waals surface area contributed by atoms with E-state index in [0.29, 0.717) is 0 Å². The fraction of sp³-hybridized carbons (Fsp3) is 0.176. The number of halogens is 3. The fourth-order valence-electron chi connectivity index (χ4n) is 2.72. The molecule has 0 saturated carbocycles. The predicted octanol–water partition coefficient (Wildman–Crippen LogP) is 4.03. The van der Waals surface area contributed by atoms with E-state index in [9.17, 15) is 13.2 Å². The van der Waals surface area contributed by atoms with Crippen molar-refractivity contribution in [3.05, 3.63) is 65.9 Å². The minimum absolute atomic E-state index is 0. The third kappa shape index (κ3) is 5.62. The molecule has 2 aromatic carbocycles. The van der Waals surface area contributed by atoms with Gasteiger partial charge in [0.2, 0.25) is 0 Å². The average Bonchev–Trinajstić information content (AvgIpc) is 2.53. The number of hydrogen-bond donors (Lipinski definition) is 0. The molecule has 1 unspecified atom stereocenters. The summed E-state index contributed by atoms with van der Waals surface area (Å²) in [6.07, 6.45) is -3.95. The summed E-state index contributed by atoms with van der Waals surface area (Å²) in [6.45, 7) is -2.39. The summed E-state index contributed by atoms with van der Waals surface area (Å²) in [7, 11) is 1.96. The third-order valence-corrected chi connectivity index (χ3v) is 5.56. The number of rotatable bonds is 3. The van der Waals surface area contributed by atoms with E-state index in [1.54, 1.807) is 0 Å². The topological polar surface area (TPSA) is 12.5 Å². The first-order valence-corrected chi connectivity index (χ1v) is 10.0. The Balaban J connectivity index is 0.00000169. The molecule has 2 nitrogen and oxygen atoms in total. The van der Waals surface area contributed by atoms with Gasteiger partial charge < -0.3 is 9.42 Å². The first kappa shape index (κ1) is 24.3. The Labute approximate surface area is 200 Å². The van der Waals surface area contributed by atoms with Gasteiger partial charge in [-0.05, 0) is 12.1 Å². The van der Waals surface area contributed by atoms with Crippen LogP contribution in [0.4, 0.5) is 24.5 Å². The third-order valence-electron chi connectivity index (χ3n) is 3.76. The second-order valence-corrected chi connectivity index (χ2v) is 8.11. The molecule has 3 rings (SSSR count). The zero-order valence-electron chi connectivity index (χ0n) is 12.8. The van der Waals surface area contributed by atoms with E-state index < -0.39 is 19.3 Å². The molecule has 0 saturated heterocycles. The molecule has 0 N–H and O–H groups in total. The Hall–Kier alpha value is 0.220. The molecule has 0 radical (unpaired) electrons. The van der Waals surface area contributed by atoms with Gasteiger partial charge in [0.15, 0.2) is 0 Å². The van der Waals surface area contributed by atoms with Gasteiger partial charge in [0.05, 0.1) is 6.26 Å². The van der Waals surface area contributed by atoms with Crippen LogP contribution in [0, 0.1) is 0 Å². The molecule has 1 aliphatic heterocycles. The van der Waals surface area contributed by atoms with Crippen LogP contribution in [0.2, 0.25) is 0 Å². The van der Waals surface area contributed by atoms with Crippen LogP contribution in [0.3, 0.4) is 0 Å². The molecule has 1 atom stereocenters.